The molecule has 0 radical (unpaired) electrons. The first-order chi connectivity index (χ1) is 6.33. The van der Waals surface area contributed by atoms with Crippen molar-refractivity contribution in [3.63, 3.8) is 0 Å². The smallest absolute Gasteiger partial charge is 0.124 e. The SMILES string of the molecule is CC1C=CC2=CCCCC2C1C=O. The molecule has 0 N–H and O–H groups in total. The molecule has 0 aliphatic heterocycles. The molecule has 0 fully saturated rings. The third-order valence-corrected chi connectivity index (χ3v) is 3.35. The largest absolute Gasteiger partial charge is 0.303 e. The first kappa shape index (κ1) is 8.74. The van der Waals surface area contributed by atoms with Crippen LogP contribution < -0.4 is 0 Å². The summed E-state index contributed by atoms with van der Waals surface area (Å²) in [6.07, 6.45) is 11.5. The highest BCUT2D eigenvalue weighted by molar-refractivity contribution is 5.58. The van der Waals surface area contributed by atoms with Gasteiger partial charge in [-0.25, -0.2) is 0 Å². The van der Waals surface area contributed by atoms with Crippen molar-refractivity contribution in [2.45, 2.75) is 26.2 Å². The van der Waals surface area contributed by atoms with E-state index in [0.29, 0.717) is 11.8 Å². The molecule has 2 aliphatic rings. The number of hydrogen-bond donors (Lipinski definition) is 0. The summed E-state index contributed by atoms with van der Waals surface area (Å²) in [4.78, 5) is 11.0. The van der Waals surface area contributed by atoms with Gasteiger partial charge in [0.05, 0.1) is 0 Å². The highest BCUT2D eigenvalue weighted by Gasteiger charge is 2.31. The zero-order valence-corrected chi connectivity index (χ0v) is 8.07. The van der Waals surface area contributed by atoms with Crippen LogP contribution in [-0.4, -0.2) is 6.29 Å². The van der Waals surface area contributed by atoms with Crippen LogP contribution >= 0.6 is 0 Å². The van der Waals surface area contributed by atoms with Crippen LogP contribution in [0.4, 0.5) is 0 Å². The standard InChI is InChI=1S/C12H16O/c1-9-6-7-10-4-2-3-5-11(10)12(9)8-13/h4,6-9,11-12H,2-3,5H2,1H3. The molecule has 0 saturated carbocycles. The van der Waals surface area contributed by atoms with E-state index in [0.717, 1.165) is 6.29 Å². The molecule has 1 nitrogen and oxygen atoms in total. The van der Waals surface area contributed by atoms with Gasteiger partial charge in [-0.2, -0.15) is 0 Å². The van der Waals surface area contributed by atoms with Crippen molar-refractivity contribution < 1.29 is 4.79 Å². The molecule has 0 aromatic carbocycles. The molecule has 2 rings (SSSR count). The highest BCUT2D eigenvalue weighted by Crippen LogP contribution is 2.38. The molecule has 0 bridgehead atoms. The monoisotopic (exact) mass is 176 g/mol. The van der Waals surface area contributed by atoms with Crippen LogP contribution in [0.1, 0.15) is 26.2 Å². The van der Waals surface area contributed by atoms with Gasteiger partial charge in [0.1, 0.15) is 6.29 Å². The van der Waals surface area contributed by atoms with E-state index < -0.39 is 0 Å². The van der Waals surface area contributed by atoms with E-state index in [4.69, 9.17) is 0 Å². The molecule has 0 saturated heterocycles. The number of aldehydes is 1. The van der Waals surface area contributed by atoms with Crippen molar-refractivity contribution in [1.29, 1.82) is 0 Å². The predicted octanol–water partition coefficient (Wildman–Crippen LogP) is 2.73. The molecule has 2 aliphatic carbocycles. The zero-order chi connectivity index (χ0) is 9.26. The summed E-state index contributed by atoms with van der Waals surface area (Å²) in [5.41, 5.74) is 1.40. The molecule has 70 valence electrons. The van der Waals surface area contributed by atoms with Crippen LogP contribution in [0.3, 0.4) is 0 Å². The molecule has 3 unspecified atom stereocenters. The van der Waals surface area contributed by atoms with Gasteiger partial charge in [-0.05, 0) is 36.7 Å². The molecule has 0 amide bonds. The Bertz CT molecular complexity index is 262. The van der Waals surface area contributed by atoms with E-state index in [1.165, 1.54) is 24.8 Å². The lowest BCUT2D eigenvalue weighted by Gasteiger charge is -2.33. The molecule has 3 atom stereocenters. The van der Waals surface area contributed by atoms with E-state index in [1.807, 2.05) is 0 Å². The van der Waals surface area contributed by atoms with Gasteiger partial charge in [0, 0.05) is 5.92 Å². The van der Waals surface area contributed by atoms with Crippen LogP contribution in [0, 0.1) is 17.8 Å². The van der Waals surface area contributed by atoms with Crippen molar-refractivity contribution in [2.24, 2.45) is 17.8 Å². The topological polar surface area (TPSA) is 17.1 Å². The summed E-state index contributed by atoms with van der Waals surface area (Å²) in [5.74, 6) is 1.18. The number of allylic oxidation sites excluding steroid dienone is 4. The lowest BCUT2D eigenvalue weighted by atomic mass is 9.70. The normalized spacial score (nSPS) is 37.9. The zero-order valence-electron chi connectivity index (χ0n) is 8.07. The minimum Gasteiger partial charge on any atom is -0.303 e. The van der Waals surface area contributed by atoms with E-state index in [9.17, 15) is 4.79 Å². The summed E-state index contributed by atoms with van der Waals surface area (Å²) in [6.45, 7) is 2.14. The molecule has 0 aromatic heterocycles. The second-order valence-corrected chi connectivity index (χ2v) is 4.17. The quantitative estimate of drug-likeness (QED) is 0.561. The van der Waals surface area contributed by atoms with Gasteiger partial charge in [0.15, 0.2) is 0 Å². The Morgan fingerprint density at radius 3 is 3.15 bits per heavy atom. The van der Waals surface area contributed by atoms with Crippen molar-refractivity contribution in [1.82, 2.24) is 0 Å². The van der Waals surface area contributed by atoms with E-state index in [2.05, 4.69) is 25.2 Å². The van der Waals surface area contributed by atoms with Gasteiger partial charge < -0.3 is 4.79 Å². The van der Waals surface area contributed by atoms with E-state index in [-0.39, 0.29) is 5.92 Å². The summed E-state index contributed by atoms with van der Waals surface area (Å²) in [7, 11) is 0. The van der Waals surface area contributed by atoms with Gasteiger partial charge in [0.2, 0.25) is 0 Å². The van der Waals surface area contributed by atoms with Gasteiger partial charge in [0.25, 0.3) is 0 Å². The van der Waals surface area contributed by atoms with Crippen molar-refractivity contribution in [3.05, 3.63) is 23.8 Å². The Morgan fingerprint density at radius 1 is 1.54 bits per heavy atom. The minimum absolute atomic E-state index is 0.233. The Kier molecular flexibility index (Phi) is 2.34. The number of rotatable bonds is 1. The molecule has 1 heteroatoms. The lowest BCUT2D eigenvalue weighted by Crippen LogP contribution is -2.28. The second kappa shape index (κ2) is 3.49. The van der Waals surface area contributed by atoms with Gasteiger partial charge >= 0.3 is 0 Å². The van der Waals surface area contributed by atoms with Crippen molar-refractivity contribution in [3.8, 4) is 0 Å². The van der Waals surface area contributed by atoms with Crippen LogP contribution in [0.25, 0.3) is 0 Å². The highest BCUT2D eigenvalue weighted by atomic mass is 16.1. The molecule has 0 aromatic rings. The van der Waals surface area contributed by atoms with E-state index >= 15 is 0 Å². The first-order valence-electron chi connectivity index (χ1n) is 5.16. The predicted molar refractivity (Wildman–Crippen MR) is 53.3 cm³/mol. The van der Waals surface area contributed by atoms with Gasteiger partial charge in [-0.1, -0.05) is 25.2 Å². The van der Waals surface area contributed by atoms with Crippen molar-refractivity contribution >= 4 is 6.29 Å². The maximum atomic E-state index is 11.0. The number of carbonyl (C=O) groups excluding carboxylic acids is 1. The molecular weight excluding hydrogens is 160 g/mol. The van der Waals surface area contributed by atoms with E-state index in [1.54, 1.807) is 0 Å². The average Bonchev–Trinajstić information content (AvgIpc) is 2.18. The summed E-state index contributed by atoms with van der Waals surface area (Å²) in [5, 5.41) is 0. The Morgan fingerprint density at radius 2 is 2.38 bits per heavy atom. The summed E-state index contributed by atoms with van der Waals surface area (Å²) in [6, 6.07) is 0. The Labute approximate surface area is 79.5 Å². The Hall–Kier alpha value is -0.850. The number of fused-ring (bicyclic) bond motifs is 1. The van der Waals surface area contributed by atoms with Crippen LogP contribution in [0.2, 0.25) is 0 Å². The second-order valence-electron chi connectivity index (χ2n) is 4.17. The van der Waals surface area contributed by atoms with Crippen molar-refractivity contribution in [2.75, 3.05) is 0 Å². The molecule has 0 spiro atoms. The first-order valence-corrected chi connectivity index (χ1v) is 5.16. The fraction of sp³-hybridized carbons (Fsp3) is 0.583. The maximum Gasteiger partial charge on any atom is 0.124 e. The van der Waals surface area contributed by atoms with Gasteiger partial charge in [-0.15, -0.1) is 0 Å². The van der Waals surface area contributed by atoms with Crippen LogP contribution in [-0.2, 0) is 4.79 Å². The molecular formula is C12H16O. The van der Waals surface area contributed by atoms with Gasteiger partial charge in [-0.3, -0.25) is 0 Å². The fourth-order valence-corrected chi connectivity index (χ4v) is 2.51. The van der Waals surface area contributed by atoms with Crippen LogP contribution in [0.15, 0.2) is 23.8 Å². The third-order valence-electron chi connectivity index (χ3n) is 3.35. The van der Waals surface area contributed by atoms with Crippen LogP contribution in [0.5, 0.6) is 0 Å². The maximum absolute atomic E-state index is 11.0. The minimum atomic E-state index is 0.233. The summed E-state index contributed by atoms with van der Waals surface area (Å²) < 4.78 is 0. The number of carbonyl (C=O) groups is 1. The fourth-order valence-electron chi connectivity index (χ4n) is 2.51. The lowest BCUT2D eigenvalue weighted by molar-refractivity contribution is -0.113. The Balaban J connectivity index is 2.30. The molecule has 13 heavy (non-hydrogen) atoms. The molecule has 0 heterocycles. The number of hydrogen-bond acceptors (Lipinski definition) is 1. The summed E-state index contributed by atoms with van der Waals surface area (Å²) >= 11 is 0. The third kappa shape index (κ3) is 1.48. The average molecular weight is 176 g/mol.